The van der Waals surface area contributed by atoms with E-state index in [9.17, 15) is 18.0 Å². The van der Waals surface area contributed by atoms with E-state index in [1.165, 1.54) is 56.6 Å². The molecule has 254 valence electrons. The number of benzene rings is 3. The maximum atomic E-state index is 14.5. The predicted octanol–water partition coefficient (Wildman–Crippen LogP) is 6.47. The number of sulfonamides is 1. The number of carbonyl (C=O) groups is 2. The van der Waals surface area contributed by atoms with Crippen LogP contribution in [0, 0.1) is 0 Å². The van der Waals surface area contributed by atoms with Gasteiger partial charge in [-0.3, -0.25) is 13.9 Å². The zero-order valence-corrected chi connectivity index (χ0v) is 29.3. The van der Waals surface area contributed by atoms with Gasteiger partial charge in [-0.25, -0.2) is 8.42 Å². The maximum absolute atomic E-state index is 14.5. The lowest BCUT2D eigenvalue weighted by Crippen LogP contribution is -2.54. The highest BCUT2D eigenvalue weighted by atomic mass is 35.5. The van der Waals surface area contributed by atoms with E-state index in [0.29, 0.717) is 16.3 Å². The van der Waals surface area contributed by atoms with Crippen molar-refractivity contribution in [2.75, 3.05) is 32.2 Å². The second kappa shape index (κ2) is 16.4. The minimum Gasteiger partial charge on any atom is -0.495 e. The number of ether oxygens (including phenoxy) is 3. The normalized spacial score (nSPS) is 14.2. The standard InChI is InChI=1S/C34H41Cl2N3O7S/c1-5-28(34(41)37-25-12-7-6-8-13-25)38(21-23-11-9-10-14-27(23)36)33(40)22-39(29-19-24(35)15-17-30(29)44-2)47(42,43)26-16-18-31(45-3)32(20-26)46-4/h9-11,14-20,25,28H,5-8,12-13,21-22H2,1-4H3,(H,37,41). The molecule has 0 bridgehead atoms. The minimum atomic E-state index is -4.46. The Labute approximate surface area is 286 Å². The number of halogens is 2. The van der Waals surface area contributed by atoms with Crippen molar-refractivity contribution >= 4 is 50.7 Å². The zero-order chi connectivity index (χ0) is 34.1. The molecule has 0 aliphatic heterocycles. The first-order valence-corrected chi connectivity index (χ1v) is 17.6. The average Bonchev–Trinajstić information content (AvgIpc) is 3.07. The highest BCUT2D eigenvalue weighted by Gasteiger charge is 2.36. The number of methoxy groups -OCH3 is 3. The van der Waals surface area contributed by atoms with Crippen LogP contribution >= 0.6 is 23.2 Å². The van der Waals surface area contributed by atoms with Crippen LogP contribution in [0.1, 0.15) is 51.0 Å². The molecule has 1 N–H and O–H groups in total. The zero-order valence-electron chi connectivity index (χ0n) is 27.0. The topological polar surface area (TPSA) is 114 Å². The van der Waals surface area contributed by atoms with Gasteiger partial charge >= 0.3 is 0 Å². The third kappa shape index (κ3) is 8.63. The molecule has 3 aromatic rings. The molecule has 1 atom stereocenters. The Morgan fingerprint density at radius 2 is 1.55 bits per heavy atom. The van der Waals surface area contributed by atoms with Gasteiger partial charge in [0, 0.05) is 28.7 Å². The fourth-order valence-electron chi connectivity index (χ4n) is 5.75. The Morgan fingerprint density at radius 1 is 0.894 bits per heavy atom. The Bertz CT molecular complexity index is 1670. The molecule has 2 amide bonds. The summed E-state index contributed by atoms with van der Waals surface area (Å²) in [6.45, 7) is 1.12. The quantitative estimate of drug-likeness (QED) is 0.204. The lowest BCUT2D eigenvalue weighted by molar-refractivity contribution is -0.140. The van der Waals surface area contributed by atoms with Crippen molar-refractivity contribution in [1.29, 1.82) is 0 Å². The van der Waals surface area contributed by atoms with E-state index in [2.05, 4.69) is 5.32 Å². The molecule has 1 fully saturated rings. The van der Waals surface area contributed by atoms with Crippen LogP contribution in [0.5, 0.6) is 17.2 Å². The maximum Gasteiger partial charge on any atom is 0.265 e. The molecule has 10 nitrogen and oxygen atoms in total. The fourth-order valence-corrected chi connectivity index (χ4v) is 7.54. The molecule has 0 spiro atoms. The SMILES string of the molecule is CCC(C(=O)NC1CCCCC1)N(Cc1ccccc1Cl)C(=O)CN(c1cc(Cl)ccc1OC)S(=O)(=O)c1ccc(OC)c(OC)c1. The molecule has 1 aliphatic rings. The van der Waals surface area contributed by atoms with Gasteiger partial charge in [0.15, 0.2) is 11.5 Å². The van der Waals surface area contributed by atoms with Gasteiger partial charge < -0.3 is 24.4 Å². The van der Waals surface area contributed by atoms with Gasteiger partial charge in [0.2, 0.25) is 11.8 Å². The number of amides is 2. The number of rotatable bonds is 14. The van der Waals surface area contributed by atoms with Gasteiger partial charge in [-0.15, -0.1) is 0 Å². The van der Waals surface area contributed by atoms with Crippen LogP contribution in [0.2, 0.25) is 10.0 Å². The Morgan fingerprint density at radius 3 is 2.19 bits per heavy atom. The summed E-state index contributed by atoms with van der Waals surface area (Å²) in [4.78, 5) is 29.5. The third-order valence-corrected chi connectivity index (χ3v) is 10.6. The first kappa shape index (κ1) is 36.2. The third-order valence-electron chi connectivity index (χ3n) is 8.27. The molecule has 4 rings (SSSR count). The first-order valence-electron chi connectivity index (χ1n) is 15.5. The highest BCUT2D eigenvalue weighted by molar-refractivity contribution is 7.92. The molecule has 1 unspecified atom stereocenters. The molecule has 1 aliphatic carbocycles. The van der Waals surface area contributed by atoms with Crippen molar-refractivity contribution in [3.05, 3.63) is 76.3 Å². The molecule has 0 aromatic heterocycles. The number of hydrogen-bond acceptors (Lipinski definition) is 7. The fraction of sp³-hybridized carbons (Fsp3) is 0.412. The van der Waals surface area contributed by atoms with Crippen LogP contribution in [0.25, 0.3) is 0 Å². The molecule has 3 aromatic carbocycles. The van der Waals surface area contributed by atoms with Gasteiger partial charge in [0.05, 0.1) is 31.9 Å². The summed E-state index contributed by atoms with van der Waals surface area (Å²) in [5, 5.41) is 3.78. The van der Waals surface area contributed by atoms with Crippen molar-refractivity contribution in [2.45, 2.75) is 69.0 Å². The monoisotopic (exact) mass is 705 g/mol. The van der Waals surface area contributed by atoms with E-state index in [-0.39, 0.29) is 52.0 Å². The summed E-state index contributed by atoms with van der Waals surface area (Å²) >= 11 is 12.9. The Kier molecular flexibility index (Phi) is 12.6. The summed E-state index contributed by atoms with van der Waals surface area (Å²) in [5.41, 5.74) is 0.654. The van der Waals surface area contributed by atoms with Gasteiger partial charge in [-0.2, -0.15) is 0 Å². The molecule has 13 heteroatoms. The number of nitrogens with one attached hydrogen (secondary N) is 1. The van der Waals surface area contributed by atoms with Crippen LogP contribution in [-0.4, -0.2) is 65.1 Å². The van der Waals surface area contributed by atoms with E-state index in [4.69, 9.17) is 37.4 Å². The van der Waals surface area contributed by atoms with E-state index >= 15 is 0 Å². The first-order chi connectivity index (χ1) is 22.5. The van der Waals surface area contributed by atoms with E-state index in [1.807, 2.05) is 6.92 Å². The molecule has 0 radical (unpaired) electrons. The van der Waals surface area contributed by atoms with Crippen LogP contribution in [0.15, 0.2) is 65.6 Å². The number of nitrogens with zero attached hydrogens (tertiary/aromatic N) is 2. The Hall–Kier alpha value is -3.67. The predicted molar refractivity (Wildman–Crippen MR) is 183 cm³/mol. The lowest BCUT2D eigenvalue weighted by atomic mass is 9.95. The van der Waals surface area contributed by atoms with Crippen molar-refractivity contribution in [2.24, 2.45) is 0 Å². The van der Waals surface area contributed by atoms with E-state index in [0.717, 1.165) is 36.4 Å². The minimum absolute atomic E-state index is 0.0141. The van der Waals surface area contributed by atoms with Crippen LogP contribution in [0.3, 0.4) is 0 Å². The number of hydrogen-bond donors (Lipinski definition) is 1. The molecule has 1 saturated carbocycles. The van der Waals surface area contributed by atoms with Gasteiger partial charge in [-0.05, 0) is 61.2 Å². The number of carbonyl (C=O) groups excluding carboxylic acids is 2. The van der Waals surface area contributed by atoms with Gasteiger partial charge in [0.1, 0.15) is 18.3 Å². The van der Waals surface area contributed by atoms with Crippen molar-refractivity contribution in [1.82, 2.24) is 10.2 Å². The van der Waals surface area contributed by atoms with Crippen LogP contribution in [0.4, 0.5) is 5.69 Å². The van der Waals surface area contributed by atoms with Gasteiger partial charge in [-0.1, -0.05) is 67.6 Å². The van der Waals surface area contributed by atoms with Crippen LogP contribution in [-0.2, 0) is 26.2 Å². The van der Waals surface area contributed by atoms with E-state index in [1.54, 1.807) is 30.3 Å². The summed E-state index contributed by atoms with van der Waals surface area (Å²) in [5.74, 6) is -0.235. The summed E-state index contributed by atoms with van der Waals surface area (Å²) < 4.78 is 46.0. The summed E-state index contributed by atoms with van der Waals surface area (Å²) in [6.07, 6.45) is 5.19. The highest BCUT2D eigenvalue weighted by Crippen LogP contribution is 2.37. The molecule has 0 heterocycles. The van der Waals surface area contributed by atoms with Crippen molar-refractivity contribution in [3.63, 3.8) is 0 Å². The molecule has 47 heavy (non-hydrogen) atoms. The molecular weight excluding hydrogens is 665 g/mol. The summed E-state index contributed by atoms with van der Waals surface area (Å²) in [6, 6.07) is 14.8. The van der Waals surface area contributed by atoms with Crippen molar-refractivity contribution < 1.29 is 32.2 Å². The summed E-state index contributed by atoms with van der Waals surface area (Å²) in [7, 11) is -0.235. The Balaban J connectivity index is 1.80. The van der Waals surface area contributed by atoms with Gasteiger partial charge in [0.25, 0.3) is 10.0 Å². The smallest absolute Gasteiger partial charge is 0.265 e. The second-order valence-corrected chi connectivity index (χ2v) is 13.9. The second-order valence-electron chi connectivity index (χ2n) is 11.2. The lowest BCUT2D eigenvalue weighted by Gasteiger charge is -2.35. The molecular formula is C34H41Cl2N3O7S. The van der Waals surface area contributed by atoms with E-state index < -0.39 is 28.5 Å². The largest absolute Gasteiger partial charge is 0.495 e. The molecule has 0 saturated heterocycles. The van der Waals surface area contributed by atoms with Crippen LogP contribution < -0.4 is 23.8 Å². The van der Waals surface area contributed by atoms with Crippen molar-refractivity contribution in [3.8, 4) is 17.2 Å². The average molecular weight is 707 g/mol. The number of anilines is 1.